The fraction of sp³-hybridized carbons (Fsp3) is 0. The molecule has 0 unspecified atom stereocenters. The van der Waals surface area contributed by atoms with Crippen LogP contribution in [-0.4, -0.2) is 15.0 Å². The zero-order valence-corrected chi connectivity index (χ0v) is 24.8. The smallest absolute Gasteiger partial charge is 0.180 e. The summed E-state index contributed by atoms with van der Waals surface area (Å²) in [6.45, 7) is 0. The van der Waals surface area contributed by atoms with Crippen LogP contribution < -0.4 is 0 Å². The van der Waals surface area contributed by atoms with Crippen LogP contribution in [0.15, 0.2) is 140 Å². The fourth-order valence-electron chi connectivity index (χ4n) is 7.07. The van der Waals surface area contributed by atoms with Crippen LogP contribution in [0.5, 0.6) is 0 Å². The van der Waals surface area contributed by atoms with Gasteiger partial charge in [-0.3, -0.25) is 0 Å². The van der Waals surface area contributed by atoms with E-state index in [0.717, 1.165) is 54.9 Å². The van der Waals surface area contributed by atoms with Crippen LogP contribution in [0.1, 0.15) is 0 Å². The summed E-state index contributed by atoms with van der Waals surface area (Å²) < 4.78 is 2.53. The number of hydrogen-bond donors (Lipinski definition) is 0. The molecular weight excluding hydrogens is 567 g/mol. The van der Waals surface area contributed by atoms with Gasteiger partial charge in [-0.2, -0.15) is 0 Å². The SMILES string of the molecule is c1ccc(-c2nc(-c3nc4ccccc4c4c5ccccc5c5sc6ccccc6c5c34)nc3c2ccc2ccccc23)cc1. The highest BCUT2D eigenvalue weighted by molar-refractivity contribution is 7.27. The number of thiophene rings is 1. The fourth-order valence-corrected chi connectivity index (χ4v) is 8.31. The molecule has 0 amide bonds. The molecule has 4 heteroatoms. The maximum absolute atomic E-state index is 5.42. The number of aromatic nitrogens is 3. The van der Waals surface area contributed by atoms with Crippen LogP contribution in [0, 0.1) is 0 Å². The van der Waals surface area contributed by atoms with E-state index in [4.69, 9.17) is 15.0 Å². The average molecular weight is 590 g/mol. The van der Waals surface area contributed by atoms with Crippen molar-refractivity contribution in [3.63, 3.8) is 0 Å². The van der Waals surface area contributed by atoms with E-state index >= 15 is 0 Å². The third-order valence-corrected chi connectivity index (χ3v) is 10.2. The molecule has 0 aliphatic carbocycles. The van der Waals surface area contributed by atoms with E-state index in [2.05, 4.69) is 133 Å². The van der Waals surface area contributed by atoms with Crippen molar-refractivity contribution in [1.82, 2.24) is 15.0 Å². The van der Waals surface area contributed by atoms with Gasteiger partial charge in [-0.15, -0.1) is 11.3 Å². The van der Waals surface area contributed by atoms with Gasteiger partial charge in [-0.1, -0.05) is 121 Å². The molecule has 0 N–H and O–H groups in total. The lowest BCUT2D eigenvalue weighted by Gasteiger charge is -2.16. The summed E-state index contributed by atoms with van der Waals surface area (Å²) in [6.07, 6.45) is 0. The lowest BCUT2D eigenvalue weighted by molar-refractivity contribution is 1.21. The zero-order chi connectivity index (χ0) is 29.5. The number of nitrogens with zero attached hydrogens (tertiary/aromatic N) is 3. The minimum absolute atomic E-state index is 0.639. The van der Waals surface area contributed by atoms with Gasteiger partial charge in [0.2, 0.25) is 0 Å². The van der Waals surface area contributed by atoms with E-state index in [1.807, 2.05) is 17.4 Å². The van der Waals surface area contributed by atoms with Crippen LogP contribution in [0.3, 0.4) is 0 Å². The van der Waals surface area contributed by atoms with Crippen LogP contribution in [0.4, 0.5) is 0 Å². The largest absolute Gasteiger partial charge is 0.244 e. The van der Waals surface area contributed by atoms with Crippen LogP contribution >= 0.6 is 11.3 Å². The van der Waals surface area contributed by atoms with Crippen molar-refractivity contribution < 1.29 is 0 Å². The molecule has 10 aromatic rings. The molecule has 0 spiro atoms. The van der Waals surface area contributed by atoms with E-state index in [9.17, 15) is 0 Å². The number of benzene rings is 7. The van der Waals surface area contributed by atoms with Crippen molar-refractivity contribution in [3.05, 3.63) is 140 Å². The average Bonchev–Trinajstić information content (AvgIpc) is 3.51. The highest BCUT2D eigenvalue weighted by Crippen LogP contribution is 2.48. The molecule has 3 aromatic heterocycles. The number of fused-ring (bicyclic) bond motifs is 13. The molecular formula is C41H23N3S. The van der Waals surface area contributed by atoms with Crippen molar-refractivity contribution in [1.29, 1.82) is 0 Å². The topological polar surface area (TPSA) is 38.7 Å². The molecule has 3 heterocycles. The second-order valence-electron chi connectivity index (χ2n) is 11.5. The Morgan fingerprint density at radius 1 is 0.400 bits per heavy atom. The maximum Gasteiger partial charge on any atom is 0.180 e. The molecule has 0 bridgehead atoms. The molecule has 0 saturated carbocycles. The van der Waals surface area contributed by atoms with Gasteiger partial charge in [-0.25, -0.2) is 15.0 Å². The molecule has 0 atom stereocenters. The monoisotopic (exact) mass is 589 g/mol. The summed E-state index contributed by atoms with van der Waals surface area (Å²) in [5, 5.41) is 11.7. The molecule has 0 fully saturated rings. The predicted octanol–water partition coefficient (Wildman–Crippen LogP) is 11.3. The Hall–Kier alpha value is -5.71. The molecule has 0 radical (unpaired) electrons. The van der Waals surface area contributed by atoms with Crippen molar-refractivity contribution in [2.45, 2.75) is 0 Å². The summed E-state index contributed by atoms with van der Waals surface area (Å²) >= 11 is 1.85. The highest BCUT2D eigenvalue weighted by Gasteiger charge is 2.23. The minimum Gasteiger partial charge on any atom is -0.244 e. The summed E-state index contributed by atoms with van der Waals surface area (Å²) in [5.41, 5.74) is 4.66. The first-order chi connectivity index (χ1) is 22.3. The summed E-state index contributed by atoms with van der Waals surface area (Å²) in [6, 6.07) is 49.3. The second kappa shape index (κ2) is 9.39. The number of hydrogen-bond acceptors (Lipinski definition) is 4. The van der Waals surface area contributed by atoms with Gasteiger partial charge in [0, 0.05) is 58.1 Å². The number of para-hydroxylation sites is 1. The standard InChI is InChI=1S/C41H23N3S/c1-2-13-25(14-3-1)37-31-23-22-24-12-4-5-15-26(24)38(31)44-41(43-37)39-36-34(29-18-8-10-20-32(29)42-39)27-16-6-7-17-28(27)40-35(36)30-19-9-11-21-33(30)45-40/h1-23H. The van der Waals surface area contributed by atoms with Gasteiger partial charge in [0.05, 0.1) is 16.7 Å². The molecule has 45 heavy (non-hydrogen) atoms. The molecule has 3 nitrogen and oxygen atoms in total. The number of rotatable bonds is 2. The van der Waals surface area contributed by atoms with Crippen molar-refractivity contribution in [2.24, 2.45) is 0 Å². The highest BCUT2D eigenvalue weighted by atomic mass is 32.1. The first-order valence-corrected chi connectivity index (χ1v) is 15.9. The Labute approximate surface area is 262 Å². The third-order valence-electron chi connectivity index (χ3n) is 9.03. The second-order valence-corrected chi connectivity index (χ2v) is 12.6. The summed E-state index contributed by atoms with van der Waals surface area (Å²) in [4.78, 5) is 16.2. The van der Waals surface area contributed by atoms with Gasteiger partial charge in [-0.05, 0) is 29.0 Å². The van der Waals surface area contributed by atoms with E-state index in [0.29, 0.717) is 5.82 Å². The van der Waals surface area contributed by atoms with E-state index < -0.39 is 0 Å². The van der Waals surface area contributed by atoms with Gasteiger partial charge < -0.3 is 0 Å². The Kier molecular flexibility index (Phi) is 5.16. The van der Waals surface area contributed by atoms with Crippen LogP contribution in [0.25, 0.3) is 97.1 Å². The molecule has 10 rings (SSSR count). The van der Waals surface area contributed by atoms with Crippen LogP contribution in [0.2, 0.25) is 0 Å². The molecule has 208 valence electrons. The number of pyridine rings is 1. The van der Waals surface area contributed by atoms with Gasteiger partial charge in [0.15, 0.2) is 5.82 Å². The first-order valence-electron chi connectivity index (χ1n) is 15.1. The van der Waals surface area contributed by atoms with Crippen molar-refractivity contribution in [2.75, 3.05) is 0 Å². The molecule has 0 saturated heterocycles. The Balaban J connectivity index is 1.48. The predicted molar refractivity (Wildman–Crippen MR) is 191 cm³/mol. The minimum atomic E-state index is 0.639. The van der Waals surface area contributed by atoms with E-state index in [-0.39, 0.29) is 0 Å². The normalized spacial score (nSPS) is 12.0. The van der Waals surface area contributed by atoms with E-state index in [1.54, 1.807) is 0 Å². The molecule has 0 aliphatic heterocycles. The Morgan fingerprint density at radius 3 is 1.96 bits per heavy atom. The van der Waals surface area contributed by atoms with Crippen molar-refractivity contribution in [3.8, 4) is 22.8 Å². The third kappa shape index (κ3) is 3.54. The van der Waals surface area contributed by atoms with Gasteiger partial charge in [0.1, 0.15) is 5.69 Å². The summed E-state index contributed by atoms with van der Waals surface area (Å²) in [5.74, 6) is 0.639. The Morgan fingerprint density at radius 2 is 1.09 bits per heavy atom. The summed E-state index contributed by atoms with van der Waals surface area (Å²) in [7, 11) is 0. The lowest BCUT2D eigenvalue weighted by Crippen LogP contribution is -1.99. The molecule has 0 aliphatic rings. The first kappa shape index (κ1) is 24.7. The van der Waals surface area contributed by atoms with Crippen molar-refractivity contribution >= 4 is 85.6 Å². The molecule has 7 aromatic carbocycles. The maximum atomic E-state index is 5.42. The van der Waals surface area contributed by atoms with E-state index in [1.165, 1.54) is 36.3 Å². The zero-order valence-electron chi connectivity index (χ0n) is 24.0. The van der Waals surface area contributed by atoms with Gasteiger partial charge >= 0.3 is 0 Å². The van der Waals surface area contributed by atoms with Crippen LogP contribution in [-0.2, 0) is 0 Å². The Bertz CT molecular complexity index is 2820. The lowest BCUT2D eigenvalue weighted by atomic mass is 9.93. The quantitative estimate of drug-likeness (QED) is 0.188. The van der Waals surface area contributed by atoms with Gasteiger partial charge in [0.25, 0.3) is 0 Å².